The number of piperidine rings is 1. The number of carbonyl (C=O) groups is 1. The smallest absolute Gasteiger partial charge is 0.251 e. The minimum absolute atomic E-state index is 0.136. The van der Waals surface area contributed by atoms with Crippen LogP contribution in [0.3, 0.4) is 0 Å². The largest absolute Gasteiger partial charge is 0.490 e. The zero-order valence-corrected chi connectivity index (χ0v) is 22.3. The number of likely N-dealkylation sites (tertiary alicyclic amines) is 1. The molecule has 2 aliphatic heterocycles. The van der Waals surface area contributed by atoms with Gasteiger partial charge in [0.2, 0.25) is 5.75 Å². The Labute approximate surface area is 215 Å². The van der Waals surface area contributed by atoms with Gasteiger partial charge in [-0.25, -0.2) is 0 Å². The Bertz CT molecular complexity index is 1010. The van der Waals surface area contributed by atoms with E-state index in [0.717, 1.165) is 26.1 Å². The molecule has 0 spiro atoms. The molecule has 1 saturated heterocycles. The van der Waals surface area contributed by atoms with Gasteiger partial charge >= 0.3 is 0 Å². The molecule has 1 atom stereocenters. The number of likely N-dealkylation sites (N-methyl/N-ethyl adjacent to an activating group) is 1. The molecule has 196 valence electrons. The molecule has 1 amide bonds. The Kier molecular flexibility index (Phi) is 8.97. The second kappa shape index (κ2) is 12.3. The number of hydrogen-bond acceptors (Lipinski definition) is 6. The van der Waals surface area contributed by atoms with Crippen LogP contribution >= 0.6 is 0 Å². The summed E-state index contributed by atoms with van der Waals surface area (Å²) in [7, 11) is 2.15. The average molecular weight is 496 g/mol. The summed E-state index contributed by atoms with van der Waals surface area (Å²) in [6, 6.07) is 10.5. The van der Waals surface area contributed by atoms with Gasteiger partial charge in [-0.3, -0.25) is 9.69 Å². The standard InChI is InChI=1S/C29H41N3O4/c1-5-34-26-18-23(19-27(35-6-2)28(26)36-7-3)29(33)30-20-25(32-14-9-8-10-15-32)21-11-12-24-22(17-21)13-16-31(24)4/h11-12,17-19,25H,5-10,13-16,20H2,1-4H3,(H,30,33)/t25-/m1/s1. The molecule has 1 N–H and O–H groups in total. The van der Waals surface area contributed by atoms with Crippen LogP contribution in [0.15, 0.2) is 30.3 Å². The second-order valence-electron chi connectivity index (χ2n) is 9.48. The molecule has 2 aromatic carbocycles. The fourth-order valence-corrected chi connectivity index (χ4v) is 5.29. The van der Waals surface area contributed by atoms with Crippen LogP contribution in [0.1, 0.15) is 67.6 Å². The number of benzene rings is 2. The molecule has 0 aliphatic carbocycles. The number of amides is 1. The minimum Gasteiger partial charge on any atom is -0.490 e. The molecule has 36 heavy (non-hydrogen) atoms. The number of carbonyl (C=O) groups excluding carboxylic acids is 1. The first kappa shape index (κ1) is 26.1. The lowest BCUT2D eigenvalue weighted by molar-refractivity contribution is 0.0923. The van der Waals surface area contributed by atoms with Crippen LogP contribution in [0, 0.1) is 0 Å². The van der Waals surface area contributed by atoms with Crippen LogP contribution in [0.2, 0.25) is 0 Å². The maximum atomic E-state index is 13.4. The van der Waals surface area contributed by atoms with Crippen molar-refractivity contribution in [1.82, 2.24) is 10.2 Å². The maximum Gasteiger partial charge on any atom is 0.251 e. The first-order valence-corrected chi connectivity index (χ1v) is 13.5. The van der Waals surface area contributed by atoms with E-state index in [1.54, 1.807) is 12.1 Å². The third kappa shape index (κ3) is 5.89. The van der Waals surface area contributed by atoms with Crippen LogP contribution in [-0.4, -0.2) is 63.9 Å². The van der Waals surface area contributed by atoms with E-state index in [4.69, 9.17) is 14.2 Å². The van der Waals surface area contributed by atoms with Gasteiger partial charge in [0.15, 0.2) is 11.5 Å². The highest BCUT2D eigenvalue weighted by molar-refractivity contribution is 5.95. The van der Waals surface area contributed by atoms with Crippen LogP contribution in [-0.2, 0) is 6.42 Å². The van der Waals surface area contributed by atoms with E-state index >= 15 is 0 Å². The van der Waals surface area contributed by atoms with E-state index in [0.29, 0.717) is 49.2 Å². The van der Waals surface area contributed by atoms with Crippen molar-refractivity contribution in [2.24, 2.45) is 0 Å². The number of ether oxygens (including phenoxy) is 3. The fraction of sp³-hybridized carbons (Fsp3) is 0.552. The van der Waals surface area contributed by atoms with Gasteiger partial charge in [0, 0.05) is 31.4 Å². The number of anilines is 1. The van der Waals surface area contributed by atoms with Crippen molar-refractivity contribution < 1.29 is 19.0 Å². The van der Waals surface area contributed by atoms with Crippen molar-refractivity contribution in [3.05, 3.63) is 47.0 Å². The van der Waals surface area contributed by atoms with Gasteiger partial charge in [-0.1, -0.05) is 18.6 Å². The summed E-state index contributed by atoms with van der Waals surface area (Å²) in [6.45, 7) is 10.9. The Morgan fingerprint density at radius 2 is 1.58 bits per heavy atom. The van der Waals surface area contributed by atoms with Crippen molar-refractivity contribution >= 4 is 11.6 Å². The van der Waals surface area contributed by atoms with Gasteiger partial charge in [-0.15, -0.1) is 0 Å². The molecular formula is C29H41N3O4. The second-order valence-corrected chi connectivity index (χ2v) is 9.48. The monoisotopic (exact) mass is 495 g/mol. The molecule has 0 radical (unpaired) electrons. The Balaban J connectivity index is 1.57. The molecule has 2 aliphatic rings. The predicted molar refractivity (Wildman–Crippen MR) is 144 cm³/mol. The third-order valence-corrected chi connectivity index (χ3v) is 7.07. The first-order valence-electron chi connectivity index (χ1n) is 13.5. The van der Waals surface area contributed by atoms with E-state index in [2.05, 4.69) is 40.4 Å². The lowest BCUT2D eigenvalue weighted by atomic mass is 9.98. The quantitative estimate of drug-likeness (QED) is 0.482. The molecule has 2 heterocycles. The summed E-state index contributed by atoms with van der Waals surface area (Å²) in [6.07, 6.45) is 4.75. The third-order valence-electron chi connectivity index (χ3n) is 7.07. The van der Waals surface area contributed by atoms with Crippen molar-refractivity contribution in [3.63, 3.8) is 0 Å². The molecule has 0 aromatic heterocycles. The first-order chi connectivity index (χ1) is 17.5. The van der Waals surface area contributed by atoms with Gasteiger partial charge in [-0.2, -0.15) is 0 Å². The topological polar surface area (TPSA) is 63.3 Å². The lowest BCUT2D eigenvalue weighted by Gasteiger charge is -2.35. The van der Waals surface area contributed by atoms with Crippen molar-refractivity contribution in [1.29, 1.82) is 0 Å². The van der Waals surface area contributed by atoms with Crippen LogP contribution in [0.4, 0.5) is 5.69 Å². The van der Waals surface area contributed by atoms with Crippen LogP contribution in [0.25, 0.3) is 0 Å². The highest BCUT2D eigenvalue weighted by Crippen LogP contribution is 2.39. The van der Waals surface area contributed by atoms with Gasteiger partial charge in [0.25, 0.3) is 5.91 Å². The predicted octanol–water partition coefficient (Wildman–Crippen LogP) is 4.83. The summed E-state index contributed by atoms with van der Waals surface area (Å²) in [4.78, 5) is 18.2. The molecule has 1 fully saturated rings. The molecule has 0 saturated carbocycles. The Morgan fingerprint density at radius 1 is 0.917 bits per heavy atom. The molecule has 0 unspecified atom stereocenters. The molecule has 7 nitrogen and oxygen atoms in total. The van der Waals surface area contributed by atoms with Crippen molar-refractivity contribution in [2.75, 3.05) is 57.9 Å². The summed E-state index contributed by atoms with van der Waals surface area (Å²) < 4.78 is 17.4. The maximum absolute atomic E-state index is 13.4. The van der Waals surface area contributed by atoms with Gasteiger partial charge < -0.3 is 24.4 Å². The summed E-state index contributed by atoms with van der Waals surface area (Å²) in [5, 5.41) is 3.22. The summed E-state index contributed by atoms with van der Waals surface area (Å²) in [5.74, 6) is 1.48. The Hall–Kier alpha value is -2.93. The molecular weight excluding hydrogens is 454 g/mol. The number of nitrogens with zero attached hydrogens (tertiary/aromatic N) is 2. The van der Waals surface area contributed by atoms with Gasteiger partial charge in [-0.05, 0) is 82.4 Å². The number of hydrogen-bond donors (Lipinski definition) is 1. The van der Waals surface area contributed by atoms with E-state index in [9.17, 15) is 4.79 Å². The van der Waals surface area contributed by atoms with Gasteiger partial charge in [0.05, 0.1) is 25.9 Å². The summed E-state index contributed by atoms with van der Waals surface area (Å²) in [5.41, 5.74) is 4.51. The van der Waals surface area contributed by atoms with Gasteiger partial charge in [0.1, 0.15) is 0 Å². The van der Waals surface area contributed by atoms with Crippen molar-refractivity contribution in [3.8, 4) is 17.2 Å². The van der Waals surface area contributed by atoms with E-state index in [1.165, 1.54) is 36.1 Å². The number of rotatable bonds is 11. The molecule has 7 heteroatoms. The van der Waals surface area contributed by atoms with E-state index in [1.807, 2.05) is 20.8 Å². The normalized spacial score (nSPS) is 16.4. The minimum atomic E-state index is -0.136. The number of nitrogens with one attached hydrogen (secondary N) is 1. The van der Waals surface area contributed by atoms with E-state index in [-0.39, 0.29) is 11.9 Å². The van der Waals surface area contributed by atoms with Crippen molar-refractivity contribution in [2.45, 2.75) is 52.5 Å². The average Bonchev–Trinajstić information content (AvgIpc) is 3.26. The molecule has 0 bridgehead atoms. The zero-order chi connectivity index (χ0) is 25.5. The Morgan fingerprint density at radius 3 is 2.22 bits per heavy atom. The lowest BCUT2D eigenvalue weighted by Crippen LogP contribution is -2.40. The van der Waals surface area contributed by atoms with Crippen LogP contribution < -0.4 is 24.4 Å². The summed E-state index contributed by atoms with van der Waals surface area (Å²) >= 11 is 0. The highest BCUT2D eigenvalue weighted by atomic mass is 16.5. The molecule has 4 rings (SSSR count). The fourth-order valence-electron chi connectivity index (χ4n) is 5.29. The molecule has 2 aromatic rings. The highest BCUT2D eigenvalue weighted by Gasteiger charge is 2.26. The number of fused-ring (bicyclic) bond motifs is 1. The van der Waals surface area contributed by atoms with Crippen LogP contribution in [0.5, 0.6) is 17.2 Å². The zero-order valence-electron chi connectivity index (χ0n) is 22.3. The SMILES string of the molecule is CCOc1cc(C(=O)NC[C@H](c2ccc3c(c2)CCN3C)N2CCCCC2)cc(OCC)c1OCC. The van der Waals surface area contributed by atoms with E-state index < -0.39 is 0 Å².